The molecule has 5 nitrogen and oxygen atoms in total. The minimum Gasteiger partial charge on any atom is -0.383 e. The van der Waals surface area contributed by atoms with Crippen LogP contribution in [-0.4, -0.2) is 43.0 Å². The molecule has 1 aromatic carbocycles. The van der Waals surface area contributed by atoms with Crippen LogP contribution in [0.15, 0.2) is 18.2 Å². The molecule has 2 fully saturated rings. The first-order chi connectivity index (χ1) is 13.0. The van der Waals surface area contributed by atoms with Crippen molar-refractivity contribution >= 4 is 23.4 Å². The summed E-state index contributed by atoms with van der Waals surface area (Å²) in [5.74, 6) is -0.396. The van der Waals surface area contributed by atoms with E-state index in [9.17, 15) is 14.0 Å². The van der Waals surface area contributed by atoms with Crippen molar-refractivity contribution in [1.82, 2.24) is 10.2 Å². The molecule has 1 saturated carbocycles. The van der Waals surface area contributed by atoms with Crippen LogP contribution in [0, 0.1) is 11.2 Å². The molecule has 1 aromatic rings. The Balaban J connectivity index is 1.75. The lowest BCUT2D eigenvalue weighted by Crippen LogP contribution is -2.62. The average Bonchev–Trinajstić information content (AvgIpc) is 2.68. The average molecular weight is 397 g/mol. The van der Waals surface area contributed by atoms with Crippen LogP contribution in [-0.2, 0) is 20.9 Å². The van der Waals surface area contributed by atoms with Gasteiger partial charge in [-0.1, -0.05) is 30.5 Å². The van der Waals surface area contributed by atoms with Gasteiger partial charge in [-0.2, -0.15) is 0 Å². The fraction of sp³-hybridized carbons (Fsp3) is 0.600. The Kier molecular flexibility index (Phi) is 6.37. The third kappa shape index (κ3) is 4.11. The van der Waals surface area contributed by atoms with E-state index in [0.29, 0.717) is 32.5 Å². The second kappa shape index (κ2) is 8.57. The Morgan fingerprint density at radius 1 is 1.41 bits per heavy atom. The van der Waals surface area contributed by atoms with Gasteiger partial charge in [0.05, 0.1) is 17.0 Å². The summed E-state index contributed by atoms with van der Waals surface area (Å²) >= 11 is 5.83. The first-order valence-electron chi connectivity index (χ1n) is 9.48. The highest BCUT2D eigenvalue weighted by atomic mass is 35.5. The minimum atomic E-state index is -0.552. The predicted octanol–water partition coefficient (Wildman–Crippen LogP) is 3.29. The number of amides is 2. The number of carbonyl (C=O) groups excluding carboxylic acids is 2. The van der Waals surface area contributed by atoms with Crippen molar-refractivity contribution in [3.63, 3.8) is 0 Å². The maximum absolute atomic E-state index is 13.3. The predicted molar refractivity (Wildman–Crippen MR) is 101 cm³/mol. The van der Waals surface area contributed by atoms with Gasteiger partial charge in [0.15, 0.2) is 0 Å². The van der Waals surface area contributed by atoms with Gasteiger partial charge in [0.1, 0.15) is 5.82 Å². The van der Waals surface area contributed by atoms with E-state index in [-0.39, 0.29) is 22.9 Å². The molecule has 0 radical (unpaired) electrons. The topological polar surface area (TPSA) is 58.6 Å². The van der Waals surface area contributed by atoms with E-state index in [4.69, 9.17) is 16.3 Å². The number of rotatable bonds is 6. The molecule has 1 heterocycles. The van der Waals surface area contributed by atoms with Crippen molar-refractivity contribution in [2.45, 2.75) is 51.1 Å². The van der Waals surface area contributed by atoms with Crippen molar-refractivity contribution in [1.29, 1.82) is 0 Å². The number of hydrogen-bond acceptors (Lipinski definition) is 3. The first kappa shape index (κ1) is 20.1. The van der Waals surface area contributed by atoms with Crippen LogP contribution in [0.25, 0.3) is 0 Å². The van der Waals surface area contributed by atoms with Gasteiger partial charge in [-0.25, -0.2) is 4.39 Å². The Morgan fingerprint density at radius 3 is 2.96 bits per heavy atom. The second-order valence-corrected chi connectivity index (χ2v) is 7.84. The molecule has 0 unspecified atom stereocenters. The van der Waals surface area contributed by atoms with Crippen LogP contribution in [0.2, 0.25) is 5.02 Å². The van der Waals surface area contributed by atoms with Crippen molar-refractivity contribution < 1.29 is 18.7 Å². The monoisotopic (exact) mass is 396 g/mol. The van der Waals surface area contributed by atoms with Crippen molar-refractivity contribution in [2.24, 2.45) is 5.41 Å². The zero-order valence-corrected chi connectivity index (χ0v) is 16.4. The highest BCUT2D eigenvalue weighted by molar-refractivity contribution is 6.30. The van der Waals surface area contributed by atoms with Gasteiger partial charge in [0.25, 0.3) is 0 Å². The smallest absolute Gasteiger partial charge is 0.228 e. The molecular weight excluding hydrogens is 371 g/mol. The molecule has 1 N–H and O–H groups in total. The molecule has 0 aromatic heterocycles. The van der Waals surface area contributed by atoms with Gasteiger partial charge in [0.2, 0.25) is 11.8 Å². The fourth-order valence-electron chi connectivity index (χ4n) is 4.47. The van der Waals surface area contributed by atoms with Crippen molar-refractivity contribution in [2.75, 3.05) is 20.3 Å². The van der Waals surface area contributed by atoms with Crippen LogP contribution in [0.3, 0.4) is 0 Å². The van der Waals surface area contributed by atoms with Gasteiger partial charge >= 0.3 is 0 Å². The molecule has 2 atom stereocenters. The molecule has 1 saturated heterocycles. The number of fused-ring (bicyclic) bond motifs is 1. The van der Waals surface area contributed by atoms with E-state index in [1.165, 1.54) is 12.1 Å². The summed E-state index contributed by atoms with van der Waals surface area (Å²) in [5, 5.41) is 3.05. The number of methoxy groups -OCH3 is 1. The normalized spacial score (nSPS) is 25.2. The number of carbonyl (C=O) groups is 2. The Bertz CT molecular complexity index is 714. The summed E-state index contributed by atoms with van der Waals surface area (Å²) in [7, 11) is 1.61. The molecule has 2 aliphatic rings. The molecule has 3 rings (SSSR count). The van der Waals surface area contributed by atoms with E-state index in [1.54, 1.807) is 13.2 Å². The number of halogens is 2. The number of hydrogen-bond donors (Lipinski definition) is 1. The number of nitrogens with zero attached hydrogens (tertiary/aromatic N) is 1. The molecule has 148 valence electrons. The molecule has 1 aliphatic heterocycles. The van der Waals surface area contributed by atoms with Crippen molar-refractivity contribution in [3.05, 3.63) is 34.6 Å². The summed E-state index contributed by atoms with van der Waals surface area (Å²) in [6.45, 7) is 1.27. The van der Waals surface area contributed by atoms with Crippen LogP contribution in [0.5, 0.6) is 0 Å². The van der Waals surface area contributed by atoms with Gasteiger partial charge in [-0.05, 0) is 37.0 Å². The minimum absolute atomic E-state index is 0.0254. The lowest BCUT2D eigenvalue weighted by atomic mass is 9.64. The summed E-state index contributed by atoms with van der Waals surface area (Å²) in [4.78, 5) is 27.5. The standard InChI is InChI=1S/C20H26ClFN2O3/c1-27-11-10-24-17-4-2-3-8-20(17,9-7-18(24)25)19(26)23-13-14-5-6-16(22)15(21)12-14/h5-6,12,17H,2-4,7-11,13H2,1H3,(H,23,26)/t17-,20-/m1/s1. The lowest BCUT2D eigenvalue weighted by Gasteiger charge is -2.51. The number of likely N-dealkylation sites (tertiary alicyclic amines) is 1. The van der Waals surface area contributed by atoms with Crippen LogP contribution < -0.4 is 5.32 Å². The van der Waals surface area contributed by atoms with E-state index in [1.807, 2.05) is 4.90 Å². The van der Waals surface area contributed by atoms with Crippen LogP contribution in [0.4, 0.5) is 4.39 Å². The van der Waals surface area contributed by atoms with E-state index >= 15 is 0 Å². The number of nitrogens with one attached hydrogen (secondary N) is 1. The largest absolute Gasteiger partial charge is 0.383 e. The highest BCUT2D eigenvalue weighted by Crippen LogP contribution is 2.46. The molecule has 1 aliphatic carbocycles. The number of benzene rings is 1. The van der Waals surface area contributed by atoms with Gasteiger partial charge in [-0.3, -0.25) is 9.59 Å². The van der Waals surface area contributed by atoms with Gasteiger partial charge in [-0.15, -0.1) is 0 Å². The van der Waals surface area contributed by atoms with Gasteiger partial charge in [0, 0.05) is 32.7 Å². The third-order valence-electron chi connectivity index (χ3n) is 5.90. The summed E-state index contributed by atoms with van der Waals surface area (Å²) in [5.41, 5.74) is 0.200. The van der Waals surface area contributed by atoms with Crippen molar-refractivity contribution in [3.8, 4) is 0 Å². The lowest BCUT2D eigenvalue weighted by molar-refractivity contribution is -0.156. The van der Waals surface area contributed by atoms with E-state index < -0.39 is 11.2 Å². The van der Waals surface area contributed by atoms with Crippen LogP contribution in [0.1, 0.15) is 44.1 Å². The van der Waals surface area contributed by atoms with Crippen LogP contribution >= 0.6 is 11.6 Å². The zero-order chi connectivity index (χ0) is 19.4. The number of piperidine rings is 1. The SMILES string of the molecule is COCCN1C(=O)CC[C@]2(C(=O)NCc3ccc(F)c(Cl)c3)CCCC[C@@H]12. The quantitative estimate of drug-likeness (QED) is 0.802. The summed E-state index contributed by atoms with van der Waals surface area (Å²) in [6.07, 6.45) is 4.59. The molecular formula is C20H26ClFN2O3. The van der Waals surface area contributed by atoms with E-state index in [2.05, 4.69) is 5.32 Å². The molecule has 0 bridgehead atoms. The second-order valence-electron chi connectivity index (χ2n) is 7.43. The Morgan fingerprint density at radius 2 is 2.22 bits per heavy atom. The Labute approximate surface area is 164 Å². The first-order valence-corrected chi connectivity index (χ1v) is 9.86. The highest BCUT2D eigenvalue weighted by Gasteiger charge is 2.52. The fourth-order valence-corrected chi connectivity index (χ4v) is 4.67. The molecule has 0 spiro atoms. The summed E-state index contributed by atoms with van der Waals surface area (Å²) in [6, 6.07) is 4.37. The molecule has 27 heavy (non-hydrogen) atoms. The molecule has 2 amide bonds. The maximum atomic E-state index is 13.3. The summed E-state index contributed by atoms with van der Waals surface area (Å²) < 4.78 is 18.5. The van der Waals surface area contributed by atoms with Gasteiger partial charge < -0.3 is 15.0 Å². The molecule has 7 heteroatoms. The maximum Gasteiger partial charge on any atom is 0.228 e. The zero-order valence-electron chi connectivity index (χ0n) is 15.6. The Hall–Kier alpha value is -1.66. The van der Waals surface area contributed by atoms with E-state index in [0.717, 1.165) is 31.2 Å². The third-order valence-corrected chi connectivity index (χ3v) is 6.19. The number of ether oxygens (including phenoxy) is 1.